The largest absolute Gasteiger partial charge is 0.288 e. The van der Waals surface area contributed by atoms with Crippen molar-refractivity contribution in [3.63, 3.8) is 0 Å². The zero-order chi connectivity index (χ0) is 19.8. The molecule has 1 aromatic heterocycles. The number of benzene rings is 3. The van der Waals surface area contributed by atoms with Gasteiger partial charge in [-0.05, 0) is 52.2 Å². The van der Waals surface area contributed by atoms with E-state index in [0.717, 1.165) is 27.5 Å². The van der Waals surface area contributed by atoms with Crippen LogP contribution in [-0.4, -0.2) is 14.8 Å². The summed E-state index contributed by atoms with van der Waals surface area (Å²) in [6, 6.07) is 25.5. The Hall–Kier alpha value is -2.84. The molecule has 6 heteroatoms. The number of nitrogens with zero attached hydrogens (tertiary/aromatic N) is 3. The second-order valence-corrected chi connectivity index (χ2v) is 8.49. The van der Waals surface area contributed by atoms with Gasteiger partial charge in [0, 0.05) is 16.0 Å². The summed E-state index contributed by atoms with van der Waals surface area (Å²) in [4.78, 5) is 18.9. The van der Waals surface area contributed by atoms with Gasteiger partial charge in [0.05, 0.1) is 15.0 Å². The van der Waals surface area contributed by atoms with Crippen LogP contribution in [0.2, 0.25) is 0 Å². The molecule has 0 unspecified atom stereocenters. The van der Waals surface area contributed by atoms with Gasteiger partial charge in [-0.1, -0.05) is 54.6 Å². The van der Waals surface area contributed by atoms with Crippen molar-refractivity contribution in [2.24, 2.45) is 0 Å². The average Bonchev–Trinajstić information content (AvgIpc) is 3.31. The zero-order valence-corrected chi connectivity index (χ0v) is 18.1. The fourth-order valence-electron chi connectivity index (χ4n) is 3.26. The number of thiophene rings is 1. The Morgan fingerprint density at radius 3 is 2.31 bits per heavy atom. The van der Waals surface area contributed by atoms with Crippen molar-refractivity contribution in [3.8, 4) is 38.9 Å². The molecule has 0 saturated carbocycles. The Bertz CT molecular complexity index is 1320. The van der Waals surface area contributed by atoms with Crippen LogP contribution in [0.15, 0.2) is 89.0 Å². The van der Waals surface area contributed by atoms with Gasteiger partial charge in [0.25, 0.3) is 0 Å². The Balaban J connectivity index is 1.87. The van der Waals surface area contributed by atoms with E-state index in [0.29, 0.717) is 15.0 Å². The second kappa shape index (κ2) is 7.53. The Kier molecular flexibility index (Phi) is 4.73. The highest BCUT2D eigenvalue weighted by atomic mass is 127. The molecule has 1 aliphatic carbocycles. The zero-order valence-electron chi connectivity index (χ0n) is 15.1. The average molecular weight is 507 g/mol. The summed E-state index contributed by atoms with van der Waals surface area (Å²) in [7, 11) is 0. The molecule has 2 aromatic carbocycles. The highest BCUT2D eigenvalue weighted by Crippen LogP contribution is 2.32. The van der Waals surface area contributed by atoms with Crippen LogP contribution in [0.1, 0.15) is 0 Å². The molecule has 0 fully saturated rings. The fraction of sp³-hybridized carbons (Fsp3) is 0. The molecule has 3 aromatic rings. The summed E-state index contributed by atoms with van der Waals surface area (Å²) in [6.07, 6.45) is 0. The highest BCUT2D eigenvalue weighted by molar-refractivity contribution is 14.1. The van der Waals surface area contributed by atoms with E-state index >= 15 is 0 Å². The molecular formula is C23H14IN3OS. The minimum absolute atomic E-state index is 0.00120. The van der Waals surface area contributed by atoms with Gasteiger partial charge in [0.15, 0.2) is 5.82 Å². The van der Waals surface area contributed by atoms with Gasteiger partial charge in [0.2, 0.25) is 5.43 Å². The quantitative estimate of drug-likeness (QED) is 0.293. The smallest absolute Gasteiger partial charge is 0.202 e. The molecule has 0 saturated heterocycles. The Morgan fingerprint density at radius 1 is 0.897 bits per heavy atom. The monoisotopic (exact) mass is 507 g/mol. The molecule has 140 valence electrons. The topological polar surface area (TPSA) is 47.8 Å². The summed E-state index contributed by atoms with van der Waals surface area (Å²) in [5.74, 6) is 0.619. The van der Waals surface area contributed by atoms with E-state index in [1.807, 2.05) is 88.9 Å². The van der Waals surface area contributed by atoms with E-state index in [1.165, 1.54) is 0 Å². The van der Waals surface area contributed by atoms with E-state index in [4.69, 9.17) is 10.1 Å². The van der Waals surface area contributed by atoms with Crippen LogP contribution in [0.4, 0.5) is 0 Å². The molecule has 2 heterocycles. The molecule has 0 amide bonds. The van der Waals surface area contributed by atoms with Crippen molar-refractivity contribution in [2.45, 2.75) is 0 Å². The third-order valence-electron chi connectivity index (χ3n) is 4.63. The summed E-state index contributed by atoms with van der Waals surface area (Å²) in [5.41, 5.74) is 3.96. The van der Waals surface area contributed by atoms with Gasteiger partial charge in [-0.15, -0.1) is 16.4 Å². The van der Waals surface area contributed by atoms with Gasteiger partial charge in [-0.25, -0.2) is 9.67 Å². The summed E-state index contributed by atoms with van der Waals surface area (Å²) in [5, 5.41) is 6.78. The lowest BCUT2D eigenvalue weighted by molar-refractivity contribution is 0.824. The lowest BCUT2D eigenvalue weighted by Gasteiger charge is -2.18. The van der Waals surface area contributed by atoms with Gasteiger partial charge >= 0.3 is 0 Å². The SMILES string of the molecule is O=c1c(-c2cccs2)cc2nc(-c3ccccc3)nn(-c3ccccc3)c-2c1I. The Morgan fingerprint density at radius 2 is 1.62 bits per heavy atom. The van der Waals surface area contributed by atoms with Crippen LogP contribution in [0.25, 0.3) is 38.9 Å². The Labute approximate surface area is 185 Å². The fourth-order valence-corrected chi connectivity index (χ4v) is 4.79. The van der Waals surface area contributed by atoms with Crippen LogP contribution < -0.4 is 5.43 Å². The van der Waals surface area contributed by atoms with E-state index in [1.54, 1.807) is 11.3 Å². The van der Waals surface area contributed by atoms with Gasteiger partial charge in [0.1, 0.15) is 5.69 Å². The first-order chi connectivity index (χ1) is 14.2. The lowest BCUT2D eigenvalue weighted by Crippen LogP contribution is -2.18. The molecular weight excluding hydrogens is 493 g/mol. The predicted octanol–water partition coefficient (Wildman–Crippen LogP) is 5.73. The minimum atomic E-state index is 0.00120. The van der Waals surface area contributed by atoms with E-state index < -0.39 is 0 Å². The van der Waals surface area contributed by atoms with Crippen molar-refractivity contribution in [1.29, 1.82) is 0 Å². The first-order valence-corrected chi connectivity index (χ1v) is 11.0. The predicted molar refractivity (Wildman–Crippen MR) is 126 cm³/mol. The number of hydrogen-bond acceptors (Lipinski definition) is 4. The van der Waals surface area contributed by atoms with Gasteiger partial charge in [-0.3, -0.25) is 4.79 Å². The number of hydrogen-bond donors (Lipinski definition) is 0. The van der Waals surface area contributed by atoms with Crippen molar-refractivity contribution >= 4 is 33.9 Å². The summed E-state index contributed by atoms with van der Waals surface area (Å²) in [6.45, 7) is 0. The molecule has 0 atom stereocenters. The normalized spacial score (nSPS) is 11.1. The molecule has 0 bridgehead atoms. The first kappa shape index (κ1) is 18.2. The maximum Gasteiger partial charge on any atom is 0.202 e. The van der Waals surface area contributed by atoms with Crippen molar-refractivity contribution < 1.29 is 0 Å². The van der Waals surface area contributed by atoms with E-state index in [9.17, 15) is 4.79 Å². The molecule has 29 heavy (non-hydrogen) atoms. The third-order valence-corrected chi connectivity index (χ3v) is 6.53. The summed E-state index contributed by atoms with van der Waals surface area (Å²) >= 11 is 3.68. The van der Waals surface area contributed by atoms with Crippen LogP contribution in [-0.2, 0) is 0 Å². The number of aromatic nitrogens is 3. The molecule has 4 nitrogen and oxygen atoms in total. The van der Waals surface area contributed by atoms with Crippen LogP contribution in [0, 0.1) is 3.57 Å². The van der Waals surface area contributed by atoms with Crippen LogP contribution in [0.5, 0.6) is 0 Å². The number of fused-ring (bicyclic) bond motifs is 1. The number of para-hydroxylation sites is 1. The lowest BCUT2D eigenvalue weighted by atomic mass is 10.1. The van der Waals surface area contributed by atoms with E-state index in [2.05, 4.69) is 22.6 Å². The molecule has 5 rings (SSSR count). The van der Waals surface area contributed by atoms with Crippen molar-refractivity contribution in [2.75, 3.05) is 0 Å². The molecule has 2 aliphatic rings. The summed E-state index contributed by atoms with van der Waals surface area (Å²) < 4.78 is 2.44. The maximum atomic E-state index is 13.1. The molecule has 0 N–H and O–H groups in total. The van der Waals surface area contributed by atoms with Crippen molar-refractivity contribution in [1.82, 2.24) is 14.8 Å². The van der Waals surface area contributed by atoms with Crippen LogP contribution >= 0.6 is 33.9 Å². The standard InChI is InChI=1S/C23H14IN3OS/c24-20-21-18(14-17(22(20)28)19-12-7-13-29-19)25-23(15-8-3-1-4-9-15)26-27(21)16-10-5-2-6-11-16/h1-14H. The number of rotatable bonds is 3. The molecule has 1 aliphatic heterocycles. The highest BCUT2D eigenvalue weighted by Gasteiger charge is 2.22. The molecule has 0 spiro atoms. The first-order valence-electron chi connectivity index (χ1n) is 9.01. The third kappa shape index (κ3) is 3.28. The maximum absolute atomic E-state index is 13.1. The van der Waals surface area contributed by atoms with Gasteiger partial charge in [-0.2, -0.15) is 0 Å². The van der Waals surface area contributed by atoms with Crippen molar-refractivity contribution in [3.05, 3.63) is 98.0 Å². The second-order valence-electron chi connectivity index (χ2n) is 6.46. The minimum Gasteiger partial charge on any atom is -0.288 e. The molecule has 0 radical (unpaired) electrons. The van der Waals surface area contributed by atoms with E-state index in [-0.39, 0.29) is 5.43 Å². The van der Waals surface area contributed by atoms with Crippen LogP contribution in [0.3, 0.4) is 0 Å². The number of halogens is 1. The van der Waals surface area contributed by atoms with Gasteiger partial charge < -0.3 is 0 Å².